The van der Waals surface area contributed by atoms with Crippen molar-refractivity contribution in [1.82, 2.24) is 0 Å². The Morgan fingerprint density at radius 3 is 2.62 bits per heavy atom. The van der Waals surface area contributed by atoms with Crippen LogP contribution in [0.1, 0.15) is 11.1 Å². The van der Waals surface area contributed by atoms with Crippen molar-refractivity contribution in [3.63, 3.8) is 0 Å². The first-order chi connectivity index (χ1) is 10.0. The summed E-state index contributed by atoms with van der Waals surface area (Å²) in [6, 6.07) is 8.92. The van der Waals surface area contributed by atoms with Gasteiger partial charge in [0, 0.05) is 21.4 Å². The molecule has 0 radical (unpaired) electrons. The molecule has 0 spiro atoms. The molecule has 0 atom stereocenters. The fourth-order valence-electron chi connectivity index (χ4n) is 1.78. The molecule has 0 unspecified atom stereocenters. The second kappa shape index (κ2) is 7.00. The minimum atomic E-state index is -0.459. The SMILES string of the molecule is O=[N+]([O-])c1cc(Br)ccc1COc1ccc(F)cc1CBr. The van der Waals surface area contributed by atoms with Gasteiger partial charge in [0.2, 0.25) is 0 Å². The van der Waals surface area contributed by atoms with Gasteiger partial charge in [0.15, 0.2) is 0 Å². The molecule has 0 saturated heterocycles. The topological polar surface area (TPSA) is 52.4 Å². The summed E-state index contributed by atoms with van der Waals surface area (Å²) in [4.78, 5) is 10.6. The minimum absolute atomic E-state index is 0.0214. The number of hydrogen-bond acceptors (Lipinski definition) is 3. The molecular formula is C14H10Br2FNO3. The fraction of sp³-hybridized carbons (Fsp3) is 0.143. The lowest BCUT2D eigenvalue weighted by molar-refractivity contribution is -0.385. The predicted octanol–water partition coefficient (Wildman–Crippen LogP) is 4.97. The van der Waals surface area contributed by atoms with Crippen LogP contribution in [0.4, 0.5) is 10.1 Å². The van der Waals surface area contributed by atoms with Crippen LogP contribution in [0.25, 0.3) is 0 Å². The number of nitrogens with zero attached hydrogens (tertiary/aromatic N) is 1. The summed E-state index contributed by atoms with van der Waals surface area (Å²) in [6.07, 6.45) is 0. The van der Waals surface area contributed by atoms with Crippen LogP contribution < -0.4 is 4.74 Å². The van der Waals surface area contributed by atoms with Gasteiger partial charge in [-0.15, -0.1) is 0 Å². The van der Waals surface area contributed by atoms with Gasteiger partial charge in [-0.1, -0.05) is 31.9 Å². The number of alkyl halides is 1. The Morgan fingerprint density at radius 2 is 1.95 bits per heavy atom. The first kappa shape index (κ1) is 15.9. The van der Waals surface area contributed by atoms with Gasteiger partial charge in [-0.05, 0) is 30.3 Å². The van der Waals surface area contributed by atoms with E-state index in [0.29, 0.717) is 26.7 Å². The summed E-state index contributed by atoms with van der Waals surface area (Å²) < 4.78 is 19.4. The van der Waals surface area contributed by atoms with Gasteiger partial charge in [0.1, 0.15) is 18.2 Å². The Labute approximate surface area is 137 Å². The van der Waals surface area contributed by atoms with Crippen molar-refractivity contribution in [3.8, 4) is 5.75 Å². The van der Waals surface area contributed by atoms with Crippen molar-refractivity contribution in [3.05, 3.63) is 67.9 Å². The molecule has 2 aromatic rings. The van der Waals surface area contributed by atoms with E-state index in [-0.39, 0.29) is 18.1 Å². The third-order valence-corrected chi connectivity index (χ3v) is 3.89. The Balaban J connectivity index is 2.22. The highest BCUT2D eigenvalue weighted by atomic mass is 79.9. The summed E-state index contributed by atoms with van der Waals surface area (Å²) in [5.74, 6) is 0.136. The molecule has 7 heteroatoms. The minimum Gasteiger partial charge on any atom is -0.488 e. The van der Waals surface area contributed by atoms with Crippen molar-refractivity contribution in [2.24, 2.45) is 0 Å². The standard InChI is InChI=1S/C14H10Br2FNO3/c15-7-10-5-12(17)3-4-14(10)21-8-9-1-2-11(16)6-13(9)18(19)20/h1-6H,7-8H2. The maximum atomic E-state index is 13.1. The maximum Gasteiger partial charge on any atom is 0.277 e. The van der Waals surface area contributed by atoms with Crippen LogP contribution in [-0.4, -0.2) is 4.92 Å². The third-order valence-electron chi connectivity index (χ3n) is 2.79. The first-order valence-corrected chi connectivity index (χ1v) is 7.82. The van der Waals surface area contributed by atoms with Crippen molar-refractivity contribution in [2.75, 3.05) is 0 Å². The number of rotatable bonds is 5. The molecule has 0 heterocycles. The zero-order valence-electron chi connectivity index (χ0n) is 10.7. The van der Waals surface area contributed by atoms with Gasteiger partial charge in [-0.2, -0.15) is 0 Å². The van der Waals surface area contributed by atoms with E-state index in [4.69, 9.17) is 4.74 Å². The molecular weight excluding hydrogens is 409 g/mol. The highest BCUT2D eigenvalue weighted by Crippen LogP contribution is 2.27. The smallest absolute Gasteiger partial charge is 0.277 e. The van der Waals surface area contributed by atoms with Crippen molar-refractivity contribution >= 4 is 37.5 Å². The van der Waals surface area contributed by atoms with Crippen LogP contribution >= 0.6 is 31.9 Å². The highest BCUT2D eigenvalue weighted by molar-refractivity contribution is 9.10. The van der Waals surface area contributed by atoms with E-state index in [9.17, 15) is 14.5 Å². The van der Waals surface area contributed by atoms with E-state index in [1.807, 2.05) is 0 Å². The Morgan fingerprint density at radius 1 is 1.19 bits per heavy atom. The van der Waals surface area contributed by atoms with E-state index in [2.05, 4.69) is 31.9 Å². The molecule has 0 amide bonds. The molecule has 21 heavy (non-hydrogen) atoms. The molecule has 4 nitrogen and oxygen atoms in total. The van der Waals surface area contributed by atoms with Crippen LogP contribution in [0.5, 0.6) is 5.75 Å². The normalized spacial score (nSPS) is 10.4. The van der Waals surface area contributed by atoms with Crippen LogP contribution in [0.2, 0.25) is 0 Å². The average Bonchev–Trinajstić information content (AvgIpc) is 2.46. The second-order valence-corrected chi connectivity index (χ2v) is 5.68. The molecule has 2 rings (SSSR count). The van der Waals surface area contributed by atoms with E-state index >= 15 is 0 Å². The van der Waals surface area contributed by atoms with Crippen LogP contribution in [0.3, 0.4) is 0 Å². The van der Waals surface area contributed by atoms with Gasteiger partial charge in [-0.3, -0.25) is 10.1 Å². The quantitative estimate of drug-likeness (QED) is 0.391. The highest BCUT2D eigenvalue weighted by Gasteiger charge is 2.15. The number of benzene rings is 2. The van der Waals surface area contributed by atoms with E-state index in [0.717, 1.165) is 0 Å². The molecule has 0 aliphatic rings. The predicted molar refractivity (Wildman–Crippen MR) is 84.2 cm³/mol. The number of nitro groups is 1. The van der Waals surface area contributed by atoms with Gasteiger partial charge in [0.25, 0.3) is 5.69 Å². The van der Waals surface area contributed by atoms with Crippen molar-refractivity contribution in [1.29, 1.82) is 0 Å². The Hall–Kier alpha value is -1.47. The van der Waals surface area contributed by atoms with E-state index in [1.165, 1.54) is 24.3 Å². The van der Waals surface area contributed by atoms with Gasteiger partial charge in [-0.25, -0.2) is 4.39 Å². The van der Waals surface area contributed by atoms with Gasteiger partial charge >= 0.3 is 0 Å². The lowest BCUT2D eigenvalue weighted by atomic mass is 10.2. The summed E-state index contributed by atoms with van der Waals surface area (Å²) in [7, 11) is 0. The molecule has 0 aliphatic heterocycles. The second-order valence-electron chi connectivity index (χ2n) is 4.20. The summed E-state index contributed by atoms with van der Waals surface area (Å²) in [5.41, 5.74) is 1.08. The molecule has 0 N–H and O–H groups in total. The zero-order valence-corrected chi connectivity index (χ0v) is 13.9. The summed E-state index contributed by atoms with van der Waals surface area (Å²) >= 11 is 6.45. The largest absolute Gasteiger partial charge is 0.488 e. The van der Waals surface area contributed by atoms with Gasteiger partial charge < -0.3 is 4.74 Å². The number of hydrogen-bond donors (Lipinski definition) is 0. The molecule has 0 bridgehead atoms. The molecule has 2 aromatic carbocycles. The number of nitro benzene ring substituents is 1. The van der Waals surface area contributed by atoms with Crippen molar-refractivity contribution in [2.45, 2.75) is 11.9 Å². The molecule has 0 aromatic heterocycles. The monoisotopic (exact) mass is 417 g/mol. The zero-order chi connectivity index (χ0) is 15.4. The summed E-state index contributed by atoms with van der Waals surface area (Å²) in [6.45, 7) is 0.0369. The molecule has 0 aliphatic carbocycles. The first-order valence-electron chi connectivity index (χ1n) is 5.91. The van der Waals surface area contributed by atoms with Gasteiger partial charge in [0.05, 0.1) is 10.5 Å². The number of halogens is 3. The lowest BCUT2D eigenvalue weighted by Gasteiger charge is -2.10. The molecule has 0 fully saturated rings. The maximum absolute atomic E-state index is 13.1. The molecule has 0 saturated carbocycles. The fourth-order valence-corrected chi connectivity index (χ4v) is 2.56. The lowest BCUT2D eigenvalue weighted by Crippen LogP contribution is -2.02. The summed E-state index contributed by atoms with van der Waals surface area (Å²) in [5, 5.41) is 11.5. The molecule has 110 valence electrons. The Kier molecular flexibility index (Phi) is 5.30. The third kappa shape index (κ3) is 4.01. The van der Waals surface area contributed by atoms with E-state index < -0.39 is 4.92 Å². The van der Waals surface area contributed by atoms with Crippen LogP contribution in [0, 0.1) is 15.9 Å². The van der Waals surface area contributed by atoms with Crippen LogP contribution in [-0.2, 0) is 11.9 Å². The van der Waals surface area contributed by atoms with Crippen molar-refractivity contribution < 1.29 is 14.1 Å². The van der Waals surface area contributed by atoms with E-state index in [1.54, 1.807) is 12.1 Å². The average molecular weight is 419 g/mol. The number of ether oxygens (including phenoxy) is 1. The Bertz CT molecular complexity index is 679. The van der Waals surface area contributed by atoms with Crippen LogP contribution in [0.15, 0.2) is 40.9 Å².